The van der Waals surface area contributed by atoms with Crippen molar-refractivity contribution in [3.05, 3.63) is 76.1 Å². The number of carbonyl (C=O) groups excluding carboxylic acids is 1. The van der Waals surface area contributed by atoms with Gasteiger partial charge in [-0.3, -0.25) is 9.59 Å². The lowest BCUT2D eigenvalue weighted by Gasteiger charge is -2.14. The fourth-order valence-corrected chi connectivity index (χ4v) is 3.10. The molecule has 3 rings (SSSR count). The van der Waals surface area contributed by atoms with Crippen LogP contribution in [0.15, 0.2) is 64.5 Å². The van der Waals surface area contributed by atoms with E-state index in [1.807, 2.05) is 30.3 Å². The number of fused-ring (bicyclic) bond motifs is 1. The molecule has 28 heavy (non-hydrogen) atoms. The van der Waals surface area contributed by atoms with Crippen LogP contribution in [0.2, 0.25) is 0 Å². The first-order valence-corrected chi connectivity index (χ1v) is 9.36. The number of para-hydroxylation sites is 1. The minimum absolute atomic E-state index is 0.291. The average molecular weight is 377 g/mol. The number of unbranched alkanes of at least 4 members (excludes halogenated alkanes) is 2. The fourth-order valence-electron chi connectivity index (χ4n) is 3.10. The Morgan fingerprint density at radius 2 is 1.82 bits per heavy atom. The van der Waals surface area contributed by atoms with Crippen LogP contribution >= 0.6 is 0 Å². The van der Waals surface area contributed by atoms with Crippen LogP contribution in [-0.2, 0) is 6.54 Å². The van der Waals surface area contributed by atoms with Gasteiger partial charge in [-0.25, -0.2) is 5.43 Å². The smallest absolute Gasteiger partial charge is 0.280 e. The monoisotopic (exact) mass is 377 g/mol. The Balaban J connectivity index is 1.96. The Bertz CT molecular complexity index is 1060. The van der Waals surface area contributed by atoms with Crippen LogP contribution in [0.5, 0.6) is 5.75 Å². The molecule has 0 unspecified atom stereocenters. The highest BCUT2D eigenvalue weighted by Crippen LogP contribution is 2.26. The molecule has 6 nitrogen and oxygen atoms in total. The van der Waals surface area contributed by atoms with Crippen LogP contribution in [-0.4, -0.2) is 21.8 Å². The molecular weight excluding hydrogens is 354 g/mol. The van der Waals surface area contributed by atoms with Gasteiger partial charge in [0.05, 0.1) is 11.7 Å². The Labute approximate surface area is 163 Å². The maximum absolute atomic E-state index is 13.0. The molecule has 1 aromatic heterocycles. The topological polar surface area (TPSA) is 83.7 Å². The third kappa shape index (κ3) is 4.11. The highest BCUT2D eigenvalue weighted by atomic mass is 16.3. The molecule has 6 heteroatoms. The molecule has 2 N–H and O–H groups in total. The zero-order chi connectivity index (χ0) is 19.9. The first kappa shape index (κ1) is 19.4. The number of hydrogen-bond acceptors (Lipinski definition) is 4. The summed E-state index contributed by atoms with van der Waals surface area (Å²) in [5, 5.41) is 15.0. The Morgan fingerprint density at radius 1 is 1.11 bits per heavy atom. The minimum atomic E-state index is -0.732. The molecule has 144 valence electrons. The molecular formula is C22H23N3O3. The standard InChI is InChI=1S/C22H23N3O3/c1-2-3-9-14-25-18-13-8-7-12-17(18)20(26)19(22(25)28)21(27)24-23-15-16-10-5-4-6-11-16/h4-8,10-13,15,26H,2-3,9,14H2,1H3,(H,24,27)/b23-15+. The highest BCUT2D eigenvalue weighted by molar-refractivity contribution is 6.02. The number of aryl methyl sites for hydroxylation is 1. The Kier molecular flexibility index (Phi) is 6.22. The van der Waals surface area contributed by atoms with Crippen molar-refractivity contribution >= 4 is 23.0 Å². The quantitative estimate of drug-likeness (QED) is 0.374. The highest BCUT2D eigenvalue weighted by Gasteiger charge is 2.21. The molecule has 0 bridgehead atoms. The number of benzene rings is 2. The summed E-state index contributed by atoms with van der Waals surface area (Å²) in [5.74, 6) is -1.05. The maximum atomic E-state index is 13.0. The summed E-state index contributed by atoms with van der Waals surface area (Å²) in [6.07, 6.45) is 4.30. The summed E-state index contributed by atoms with van der Waals surface area (Å²) in [6.45, 7) is 2.57. The van der Waals surface area contributed by atoms with E-state index in [2.05, 4.69) is 17.5 Å². The molecule has 0 aliphatic rings. The predicted octanol–water partition coefficient (Wildman–Crippen LogP) is 3.66. The molecule has 1 heterocycles. The fraction of sp³-hybridized carbons (Fsp3) is 0.227. The van der Waals surface area contributed by atoms with Crippen molar-refractivity contribution in [3.8, 4) is 5.75 Å². The lowest BCUT2D eigenvalue weighted by atomic mass is 10.1. The number of aromatic hydroxyl groups is 1. The summed E-state index contributed by atoms with van der Waals surface area (Å²) >= 11 is 0. The lowest BCUT2D eigenvalue weighted by Crippen LogP contribution is -2.31. The first-order chi connectivity index (χ1) is 13.6. The largest absolute Gasteiger partial charge is 0.506 e. The van der Waals surface area contributed by atoms with E-state index in [-0.39, 0.29) is 11.3 Å². The maximum Gasteiger partial charge on any atom is 0.280 e. The molecule has 0 fully saturated rings. The number of pyridine rings is 1. The van der Waals surface area contributed by atoms with Gasteiger partial charge in [-0.05, 0) is 24.1 Å². The Hall–Kier alpha value is -3.41. The minimum Gasteiger partial charge on any atom is -0.506 e. The normalized spacial score (nSPS) is 11.2. The number of hydrogen-bond donors (Lipinski definition) is 2. The molecule has 2 aromatic carbocycles. The van der Waals surface area contributed by atoms with Gasteiger partial charge < -0.3 is 9.67 Å². The lowest BCUT2D eigenvalue weighted by molar-refractivity contribution is 0.0950. The molecule has 0 aliphatic heterocycles. The van der Waals surface area contributed by atoms with E-state index in [1.165, 1.54) is 6.21 Å². The van der Waals surface area contributed by atoms with Gasteiger partial charge in [0.2, 0.25) is 0 Å². The summed E-state index contributed by atoms with van der Waals surface area (Å²) in [7, 11) is 0. The molecule has 0 radical (unpaired) electrons. The van der Waals surface area contributed by atoms with Crippen LogP contribution in [0.4, 0.5) is 0 Å². The first-order valence-electron chi connectivity index (χ1n) is 9.36. The van der Waals surface area contributed by atoms with Gasteiger partial charge in [0.25, 0.3) is 11.5 Å². The van der Waals surface area contributed by atoms with Gasteiger partial charge in [-0.2, -0.15) is 5.10 Å². The summed E-state index contributed by atoms with van der Waals surface area (Å²) in [5.41, 5.74) is 2.96. The zero-order valence-corrected chi connectivity index (χ0v) is 15.8. The number of hydrazone groups is 1. The molecule has 1 amide bonds. The SMILES string of the molecule is CCCCCn1c(=O)c(C(=O)N/N=C/c2ccccc2)c(O)c2ccccc21. The van der Waals surface area contributed by atoms with E-state index in [1.54, 1.807) is 28.8 Å². The molecule has 0 spiro atoms. The van der Waals surface area contributed by atoms with Crippen molar-refractivity contribution in [2.45, 2.75) is 32.7 Å². The van der Waals surface area contributed by atoms with Gasteiger partial charge in [-0.15, -0.1) is 0 Å². The predicted molar refractivity (Wildman–Crippen MR) is 111 cm³/mol. The molecule has 0 saturated heterocycles. The van der Waals surface area contributed by atoms with E-state index in [0.29, 0.717) is 17.4 Å². The van der Waals surface area contributed by atoms with Gasteiger partial charge in [0, 0.05) is 11.9 Å². The van der Waals surface area contributed by atoms with E-state index in [4.69, 9.17) is 0 Å². The second-order valence-corrected chi connectivity index (χ2v) is 6.51. The van der Waals surface area contributed by atoms with Crippen LogP contribution in [0.3, 0.4) is 0 Å². The van der Waals surface area contributed by atoms with Gasteiger partial charge >= 0.3 is 0 Å². The van der Waals surface area contributed by atoms with Gasteiger partial charge in [0.15, 0.2) is 0 Å². The number of carbonyl (C=O) groups is 1. The second kappa shape index (κ2) is 8.99. The van der Waals surface area contributed by atoms with E-state index in [9.17, 15) is 14.7 Å². The number of nitrogens with one attached hydrogen (secondary N) is 1. The summed E-state index contributed by atoms with van der Waals surface area (Å²) in [6, 6.07) is 16.3. The third-order valence-electron chi connectivity index (χ3n) is 4.54. The van der Waals surface area contributed by atoms with Gasteiger partial charge in [0.1, 0.15) is 11.3 Å². The van der Waals surface area contributed by atoms with E-state index >= 15 is 0 Å². The van der Waals surface area contributed by atoms with Crippen molar-refractivity contribution in [1.82, 2.24) is 9.99 Å². The van der Waals surface area contributed by atoms with Crippen molar-refractivity contribution < 1.29 is 9.90 Å². The molecule has 3 aromatic rings. The third-order valence-corrected chi connectivity index (χ3v) is 4.54. The van der Waals surface area contributed by atoms with Gasteiger partial charge in [-0.1, -0.05) is 62.2 Å². The van der Waals surface area contributed by atoms with E-state index < -0.39 is 11.5 Å². The van der Waals surface area contributed by atoms with Crippen LogP contribution in [0.25, 0.3) is 10.9 Å². The van der Waals surface area contributed by atoms with Crippen molar-refractivity contribution in [1.29, 1.82) is 0 Å². The number of amides is 1. The molecule has 0 aliphatic carbocycles. The van der Waals surface area contributed by atoms with Crippen molar-refractivity contribution in [2.75, 3.05) is 0 Å². The molecule has 0 saturated carbocycles. The number of nitrogens with zero attached hydrogens (tertiary/aromatic N) is 2. The summed E-state index contributed by atoms with van der Waals surface area (Å²) < 4.78 is 1.56. The number of rotatable bonds is 7. The van der Waals surface area contributed by atoms with Crippen LogP contribution < -0.4 is 11.0 Å². The zero-order valence-electron chi connectivity index (χ0n) is 15.8. The average Bonchev–Trinajstić information content (AvgIpc) is 2.71. The van der Waals surface area contributed by atoms with Crippen molar-refractivity contribution in [2.24, 2.45) is 5.10 Å². The number of aromatic nitrogens is 1. The summed E-state index contributed by atoms with van der Waals surface area (Å²) in [4.78, 5) is 25.6. The van der Waals surface area contributed by atoms with E-state index in [0.717, 1.165) is 24.8 Å². The Morgan fingerprint density at radius 3 is 2.57 bits per heavy atom. The molecule has 0 atom stereocenters. The van der Waals surface area contributed by atoms with Crippen LogP contribution in [0, 0.1) is 0 Å². The second-order valence-electron chi connectivity index (χ2n) is 6.51. The van der Waals surface area contributed by atoms with Crippen LogP contribution in [0.1, 0.15) is 42.1 Å². The van der Waals surface area contributed by atoms with Crippen molar-refractivity contribution in [3.63, 3.8) is 0 Å².